The highest BCUT2D eigenvalue weighted by molar-refractivity contribution is 6.76. The number of carbonyl (C=O) groups is 1. The van der Waals surface area contributed by atoms with E-state index in [1.54, 1.807) is 6.07 Å². The third kappa shape index (κ3) is 8.19. The van der Waals surface area contributed by atoms with Gasteiger partial charge < -0.3 is 19.4 Å². The number of rotatable bonds is 10. The highest BCUT2D eigenvalue weighted by Crippen LogP contribution is 2.37. The first kappa shape index (κ1) is 30.4. The molecule has 1 N–H and O–H groups in total. The van der Waals surface area contributed by atoms with E-state index in [4.69, 9.17) is 37.9 Å². The maximum Gasteiger partial charge on any atom is 0.416 e. The summed E-state index contributed by atoms with van der Waals surface area (Å²) in [5.41, 5.74) is -1.53. The molecule has 0 saturated heterocycles. The molecule has 1 heterocycles. The van der Waals surface area contributed by atoms with Crippen molar-refractivity contribution in [2.24, 2.45) is 0 Å². The zero-order valence-corrected chi connectivity index (χ0v) is 23.6. The first-order chi connectivity index (χ1) is 18.2. The molecule has 39 heavy (non-hydrogen) atoms. The predicted octanol–water partition coefficient (Wildman–Crippen LogP) is 7.25. The lowest BCUT2D eigenvalue weighted by atomic mass is 10.1. The summed E-state index contributed by atoms with van der Waals surface area (Å²) >= 11 is 12.1. The van der Waals surface area contributed by atoms with Crippen molar-refractivity contribution in [2.75, 3.05) is 6.61 Å². The van der Waals surface area contributed by atoms with Gasteiger partial charge in [-0.3, -0.25) is 4.79 Å². The predicted molar refractivity (Wildman–Crippen MR) is 140 cm³/mol. The molecule has 1 amide bonds. The highest BCUT2D eigenvalue weighted by atomic mass is 35.5. The fourth-order valence-corrected chi connectivity index (χ4v) is 4.47. The molecule has 0 saturated carbocycles. The van der Waals surface area contributed by atoms with Crippen LogP contribution in [0.1, 0.15) is 27.2 Å². The molecule has 208 valence electrons. The number of alkyl halides is 3. The molecule has 14 heteroatoms. The first-order valence-electron chi connectivity index (χ1n) is 11.5. The van der Waals surface area contributed by atoms with Crippen molar-refractivity contribution in [1.29, 1.82) is 5.26 Å². The van der Waals surface area contributed by atoms with Gasteiger partial charge >= 0.3 is 6.18 Å². The first-order valence-corrected chi connectivity index (χ1v) is 16.0. The van der Waals surface area contributed by atoms with E-state index in [9.17, 15) is 18.0 Å². The number of hydrogen-bond donors (Lipinski definition) is 1. The third-order valence-corrected chi connectivity index (χ3v) is 7.66. The number of nitrogens with zero attached hydrogens (tertiary/aromatic N) is 3. The van der Waals surface area contributed by atoms with Gasteiger partial charge in [-0.25, -0.2) is 9.37 Å². The van der Waals surface area contributed by atoms with Crippen LogP contribution in [0.3, 0.4) is 0 Å². The number of ether oxygens (including phenoxy) is 2. The number of carbonyl (C=O) groups excluding carboxylic acids is 1. The van der Waals surface area contributed by atoms with Crippen LogP contribution in [0.2, 0.25) is 35.9 Å². The van der Waals surface area contributed by atoms with Gasteiger partial charge in [-0.1, -0.05) is 48.9 Å². The van der Waals surface area contributed by atoms with Crippen LogP contribution in [0.4, 0.5) is 17.6 Å². The van der Waals surface area contributed by atoms with Gasteiger partial charge in [0.25, 0.3) is 5.91 Å². The minimum absolute atomic E-state index is 0.0171. The fraction of sp³-hybridized carbons (Fsp3) is 0.320. The lowest BCUT2D eigenvalue weighted by Gasteiger charge is -2.16. The van der Waals surface area contributed by atoms with Gasteiger partial charge in [-0.05, 0) is 30.3 Å². The summed E-state index contributed by atoms with van der Waals surface area (Å²) in [6, 6.07) is 7.38. The summed E-state index contributed by atoms with van der Waals surface area (Å²) in [4.78, 5) is 16.8. The minimum Gasteiger partial charge on any atom is -0.453 e. The Morgan fingerprint density at radius 1 is 1.21 bits per heavy atom. The summed E-state index contributed by atoms with van der Waals surface area (Å²) in [6.07, 6.45) is -3.41. The number of amides is 1. The number of nitrogens with one attached hydrogen (secondary N) is 1. The quantitative estimate of drug-likeness (QED) is 0.150. The fourth-order valence-electron chi connectivity index (χ4n) is 3.29. The summed E-state index contributed by atoms with van der Waals surface area (Å²) in [5, 5.41) is 11.3. The average molecular weight is 603 g/mol. The second-order valence-corrected chi connectivity index (χ2v) is 16.1. The molecule has 0 spiro atoms. The largest absolute Gasteiger partial charge is 0.453 e. The van der Waals surface area contributed by atoms with E-state index in [2.05, 4.69) is 29.9 Å². The van der Waals surface area contributed by atoms with Crippen molar-refractivity contribution in [3.05, 3.63) is 75.0 Å². The smallest absolute Gasteiger partial charge is 0.416 e. The van der Waals surface area contributed by atoms with E-state index >= 15 is 4.39 Å². The summed E-state index contributed by atoms with van der Waals surface area (Å²) in [5.74, 6) is -2.66. The van der Waals surface area contributed by atoms with Gasteiger partial charge in [0.1, 0.15) is 18.2 Å². The molecule has 0 aliphatic carbocycles. The van der Waals surface area contributed by atoms with E-state index in [0.29, 0.717) is 18.7 Å². The van der Waals surface area contributed by atoms with Crippen LogP contribution in [0, 0.1) is 17.1 Å². The Morgan fingerprint density at radius 2 is 1.92 bits per heavy atom. The molecular formula is C25H24Cl2F4N4O3Si. The second-order valence-electron chi connectivity index (χ2n) is 9.69. The molecule has 0 radical (unpaired) electrons. The topological polar surface area (TPSA) is 89.2 Å². The van der Waals surface area contributed by atoms with Gasteiger partial charge in [0.15, 0.2) is 16.7 Å². The number of hydrogen-bond acceptors (Lipinski definition) is 5. The van der Waals surface area contributed by atoms with Crippen molar-refractivity contribution in [1.82, 2.24) is 14.9 Å². The molecule has 3 aromatic rings. The van der Waals surface area contributed by atoms with Gasteiger partial charge in [0, 0.05) is 26.8 Å². The number of halogens is 6. The molecule has 0 fully saturated rings. The van der Waals surface area contributed by atoms with Gasteiger partial charge in [0.05, 0.1) is 28.5 Å². The van der Waals surface area contributed by atoms with Crippen molar-refractivity contribution in [3.63, 3.8) is 0 Å². The molecule has 0 aliphatic heterocycles. The Labute approximate surface area is 233 Å². The summed E-state index contributed by atoms with van der Waals surface area (Å²) in [7, 11) is -1.31. The molecule has 2 aromatic carbocycles. The van der Waals surface area contributed by atoms with Crippen molar-refractivity contribution < 1.29 is 31.8 Å². The monoisotopic (exact) mass is 602 g/mol. The Bertz CT molecular complexity index is 1400. The van der Waals surface area contributed by atoms with E-state index in [-0.39, 0.29) is 40.3 Å². The van der Waals surface area contributed by atoms with Crippen LogP contribution in [0.15, 0.2) is 36.7 Å². The van der Waals surface area contributed by atoms with Gasteiger partial charge in [0.2, 0.25) is 0 Å². The lowest BCUT2D eigenvalue weighted by Crippen LogP contribution is -2.27. The van der Waals surface area contributed by atoms with Crippen molar-refractivity contribution in [2.45, 2.75) is 45.1 Å². The average Bonchev–Trinajstić information content (AvgIpc) is 3.22. The molecule has 3 rings (SSSR count). The molecule has 0 bridgehead atoms. The Balaban J connectivity index is 1.76. The number of benzene rings is 2. The third-order valence-electron chi connectivity index (χ3n) is 5.39. The molecule has 0 atom stereocenters. The Hall–Kier alpha value is -3.11. The molecule has 0 unspecified atom stereocenters. The Kier molecular flexibility index (Phi) is 9.66. The molecule has 0 aliphatic rings. The maximum atomic E-state index is 15.3. The zero-order valence-electron chi connectivity index (χ0n) is 21.1. The van der Waals surface area contributed by atoms with Crippen molar-refractivity contribution >= 4 is 37.2 Å². The minimum atomic E-state index is -4.76. The van der Waals surface area contributed by atoms with Crippen LogP contribution in [0.25, 0.3) is 0 Å². The number of aromatic nitrogens is 2. The maximum absolute atomic E-state index is 15.3. The SMILES string of the molecule is C[Si](C)(C)CCOCn1cnc(Cl)c1C(=O)NCc1ccc(Cl)c(Oc2cc(C#N)cc(C(F)(F)F)c2)c1F. The zero-order chi connectivity index (χ0) is 29.0. The molecule has 7 nitrogen and oxygen atoms in total. The Morgan fingerprint density at radius 3 is 2.56 bits per heavy atom. The van der Waals surface area contributed by atoms with Crippen LogP contribution >= 0.6 is 23.2 Å². The van der Waals surface area contributed by atoms with E-state index in [0.717, 1.165) is 12.1 Å². The lowest BCUT2D eigenvalue weighted by molar-refractivity contribution is -0.137. The van der Waals surface area contributed by atoms with Crippen molar-refractivity contribution in [3.8, 4) is 17.6 Å². The van der Waals surface area contributed by atoms with Crippen LogP contribution in [-0.2, 0) is 24.2 Å². The number of nitriles is 1. The van der Waals surface area contributed by atoms with E-state index in [1.807, 2.05) is 0 Å². The van der Waals surface area contributed by atoms with Crippen LogP contribution < -0.4 is 10.1 Å². The van der Waals surface area contributed by atoms with Crippen LogP contribution in [-0.4, -0.2) is 30.1 Å². The van der Waals surface area contributed by atoms with Gasteiger partial charge in [-0.15, -0.1) is 0 Å². The normalized spacial score (nSPS) is 11.8. The van der Waals surface area contributed by atoms with E-state index in [1.165, 1.54) is 23.0 Å². The number of imidazole rings is 1. The molecular weight excluding hydrogens is 579 g/mol. The second kappa shape index (κ2) is 12.4. The standard InChI is InChI=1S/C25H24Cl2F4N4O3Si/c1-39(2,3)7-6-37-14-35-13-34-23(27)21(35)24(36)33-12-16-4-5-19(26)22(20(16)28)38-18-9-15(11-32)8-17(10-18)25(29,30)31/h4-5,8-10,13H,6-7,12,14H2,1-3H3,(H,33,36). The summed E-state index contributed by atoms with van der Waals surface area (Å²) in [6.45, 7) is 6.84. The van der Waals surface area contributed by atoms with Crippen LogP contribution in [0.5, 0.6) is 11.5 Å². The molecule has 1 aromatic heterocycles. The summed E-state index contributed by atoms with van der Waals surface area (Å²) < 4.78 is 67.3. The van der Waals surface area contributed by atoms with E-state index < -0.39 is 43.0 Å². The van der Waals surface area contributed by atoms with Gasteiger partial charge in [-0.2, -0.15) is 18.4 Å². The highest BCUT2D eigenvalue weighted by Gasteiger charge is 2.32.